The van der Waals surface area contributed by atoms with Crippen LogP contribution in [-0.2, 0) is 9.59 Å². The van der Waals surface area contributed by atoms with Gasteiger partial charge in [-0.05, 0) is 19.9 Å². The molecule has 0 aromatic rings. The molecule has 1 rings (SSSR count). The fraction of sp³-hybridized carbons (Fsp3) is 0.833. The summed E-state index contributed by atoms with van der Waals surface area (Å²) in [6, 6.07) is -0.494. The average molecular weight is 242 g/mol. The van der Waals surface area contributed by atoms with Crippen LogP contribution in [0.25, 0.3) is 0 Å². The van der Waals surface area contributed by atoms with Gasteiger partial charge >= 0.3 is 5.97 Å². The maximum Gasteiger partial charge on any atom is 0.305 e. The number of hydrogen-bond acceptors (Lipinski definition) is 3. The lowest BCUT2D eigenvalue weighted by molar-refractivity contribution is -0.144. The number of hydrogen-bond donors (Lipinski definition) is 1. The third-order valence-corrected chi connectivity index (χ3v) is 3.22. The van der Waals surface area contributed by atoms with Crippen molar-refractivity contribution in [3.63, 3.8) is 0 Å². The van der Waals surface area contributed by atoms with Crippen molar-refractivity contribution in [3.05, 3.63) is 0 Å². The molecule has 1 amide bonds. The van der Waals surface area contributed by atoms with Crippen LogP contribution >= 0.6 is 0 Å². The van der Waals surface area contributed by atoms with Crippen LogP contribution in [0.2, 0.25) is 0 Å². The minimum Gasteiger partial charge on any atom is -0.481 e. The van der Waals surface area contributed by atoms with E-state index in [4.69, 9.17) is 5.11 Å². The number of aliphatic carboxylic acids is 1. The summed E-state index contributed by atoms with van der Waals surface area (Å²) in [6.45, 7) is 4.37. The van der Waals surface area contributed by atoms with Gasteiger partial charge in [-0.2, -0.15) is 0 Å². The van der Waals surface area contributed by atoms with Crippen molar-refractivity contribution in [2.45, 2.75) is 38.6 Å². The molecule has 5 heteroatoms. The van der Waals surface area contributed by atoms with Crippen molar-refractivity contribution < 1.29 is 14.7 Å². The second-order valence-electron chi connectivity index (χ2n) is 4.63. The molecule has 1 saturated heterocycles. The summed E-state index contributed by atoms with van der Waals surface area (Å²) < 4.78 is 0. The Balaban J connectivity index is 2.69. The zero-order chi connectivity index (χ0) is 12.8. The zero-order valence-corrected chi connectivity index (χ0v) is 10.7. The molecule has 1 aliphatic heterocycles. The van der Waals surface area contributed by atoms with Gasteiger partial charge in [0, 0.05) is 19.6 Å². The van der Waals surface area contributed by atoms with Crippen LogP contribution in [0, 0.1) is 0 Å². The largest absolute Gasteiger partial charge is 0.481 e. The van der Waals surface area contributed by atoms with Crippen LogP contribution in [-0.4, -0.2) is 59.5 Å². The van der Waals surface area contributed by atoms with Gasteiger partial charge in [0.25, 0.3) is 0 Å². The second-order valence-corrected chi connectivity index (χ2v) is 4.63. The summed E-state index contributed by atoms with van der Waals surface area (Å²) in [5.41, 5.74) is 0. The standard InChI is InChI=1S/C12H22N2O3/c1-3-4-7-14-8-5-6-13(2)10(12(14)17)9-11(15)16/h10H,3-9H2,1-2H3,(H,15,16). The van der Waals surface area contributed by atoms with Gasteiger partial charge in [0.05, 0.1) is 12.5 Å². The molecule has 0 aliphatic carbocycles. The minimum absolute atomic E-state index is 0.0270. The predicted molar refractivity (Wildman–Crippen MR) is 64.8 cm³/mol. The molecule has 17 heavy (non-hydrogen) atoms. The first kappa shape index (κ1) is 14.0. The first-order chi connectivity index (χ1) is 8.06. The summed E-state index contributed by atoms with van der Waals surface area (Å²) >= 11 is 0. The monoisotopic (exact) mass is 242 g/mol. The lowest BCUT2D eigenvalue weighted by Gasteiger charge is -2.26. The molecule has 1 N–H and O–H groups in total. The highest BCUT2D eigenvalue weighted by Crippen LogP contribution is 2.13. The number of carbonyl (C=O) groups is 2. The van der Waals surface area contributed by atoms with Gasteiger partial charge in [0.15, 0.2) is 0 Å². The summed E-state index contributed by atoms with van der Waals surface area (Å²) in [4.78, 5) is 26.7. The van der Waals surface area contributed by atoms with Gasteiger partial charge in [-0.3, -0.25) is 14.5 Å². The van der Waals surface area contributed by atoms with E-state index < -0.39 is 12.0 Å². The molecule has 1 aliphatic rings. The van der Waals surface area contributed by atoms with Gasteiger partial charge in [0.2, 0.25) is 5.91 Å². The summed E-state index contributed by atoms with van der Waals surface area (Å²) in [5.74, 6) is -0.937. The van der Waals surface area contributed by atoms with Crippen LogP contribution in [0.5, 0.6) is 0 Å². The van der Waals surface area contributed by atoms with Crippen molar-refractivity contribution >= 4 is 11.9 Å². The first-order valence-electron chi connectivity index (χ1n) is 6.27. The Bertz CT molecular complexity index is 279. The van der Waals surface area contributed by atoms with E-state index in [0.717, 1.165) is 38.9 Å². The van der Waals surface area contributed by atoms with Crippen LogP contribution in [0.1, 0.15) is 32.6 Å². The lowest BCUT2D eigenvalue weighted by atomic mass is 10.1. The molecule has 1 heterocycles. The minimum atomic E-state index is -0.910. The van der Waals surface area contributed by atoms with E-state index in [0.29, 0.717) is 0 Å². The van der Waals surface area contributed by atoms with Crippen LogP contribution in [0.15, 0.2) is 0 Å². The highest BCUT2D eigenvalue weighted by molar-refractivity contribution is 5.86. The number of rotatable bonds is 5. The van der Waals surface area contributed by atoms with Gasteiger partial charge in [-0.25, -0.2) is 0 Å². The quantitative estimate of drug-likeness (QED) is 0.774. The van der Waals surface area contributed by atoms with E-state index in [2.05, 4.69) is 6.92 Å². The van der Waals surface area contributed by atoms with Crippen molar-refractivity contribution in [2.75, 3.05) is 26.7 Å². The van der Waals surface area contributed by atoms with Gasteiger partial charge in [0.1, 0.15) is 0 Å². The number of carbonyl (C=O) groups excluding carboxylic acids is 1. The molecule has 0 radical (unpaired) electrons. The Hall–Kier alpha value is -1.10. The van der Waals surface area contributed by atoms with E-state index in [-0.39, 0.29) is 12.3 Å². The normalized spacial score (nSPS) is 22.6. The number of unbranched alkanes of at least 4 members (excludes halogenated alkanes) is 1. The van der Waals surface area contributed by atoms with E-state index in [9.17, 15) is 9.59 Å². The molecule has 1 fully saturated rings. The molecule has 5 nitrogen and oxygen atoms in total. The number of amides is 1. The molecule has 0 aromatic carbocycles. The highest BCUT2D eigenvalue weighted by atomic mass is 16.4. The van der Waals surface area contributed by atoms with Crippen molar-refractivity contribution in [3.8, 4) is 0 Å². The zero-order valence-electron chi connectivity index (χ0n) is 10.7. The molecule has 0 saturated carbocycles. The number of nitrogens with zero attached hydrogens (tertiary/aromatic N) is 2. The molecular formula is C12H22N2O3. The average Bonchev–Trinajstić information content (AvgIpc) is 2.39. The Kier molecular flexibility index (Phi) is 5.41. The third-order valence-electron chi connectivity index (χ3n) is 3.22. The molecule has 0 spiro atoms. The Morgan fingerprint density at radius 1 is 1.47 bits per heavy atom. The Morgan fingerprint density at radius 3 is 2.76 bits per heavy atom. The van der Waals surface area contributed by atoms with Gasteiger partial charge < -0.3 is 10.0 Å². The Morgan fingerprint density at radius 2 is 2.18 bits per heavy atom. The van der Waals surface area contributed by atoms with Crippen molar-refractivity contribution in [2.24, 2.45) is 0 Å². The van der Waals surface area contributed by atoms with E-state index in [1.165, 1.54) is 0 Å². The summed E-state index contributed by atoms with van der Waals surface area (Å²) in [6.07, 6.45) is 2.85. The maximum atomic E-state index is 12.2. The molecule has 1 unspecified atom stereocenters. The molecule has 98 valence electrons. The van der Waals surface area contributed by atoms with Gasteiger partial charge in [-0.15, -0.1) is 0 Å². The van der Waals surface area contributed by atoms with Crippen LogP contribution < -0.4 is 0 Å². The van der Waals surface area contributed by atoms with Gasteiger partial charge in [-0.1, -0.05) is 13.3 Å². The lowest BCUT2D eigenvalue weighted by Crippen LogP contribution is -2.45. The maximum absolute atomic E-state index is 12.2. The second kappa shape index (κ2) is 6.59. The summed E-state index contributed by atoms with van der Waals surface area (Å²) in [7, 11) is 1.83. The number of carboxylic acids is 1. The van der Waals surface area contributed by atoms with Crippen molar-refractivity contribution in [1.82, 2.24) is 9.80 Å². The third kappa shape index (κ3) is 4.00. The highest BCUT2D eigenvalue weighted by Gasteiger charge is 2.31. The van der Waals surface area contributed by atoms with E-state index in [1.54, 1.807) is 0 Å². The molecular weight excluding hydrogens is 220 g/mol. The number of carboxylic acid groups (broad SMARTS) is 1. The topological polar surface area (TPSA) is 60.9 Å². The number of likely N-dealkylation sites (N-methyl/N-ethyl adjacent to an activating group) is 1. The Labute approximate surface area is 102 Å². The summed E-state index contributed by atoms with van der Waals surface area (Å²) in [5, 5.41) is 8.86. The molecule has 0 aromatic heterocycles. The van der Waals surface area contributed by atoms with Crippen LogP contribution in [0.3, 0.4) is 0 Å². The molecule has 1 atom stereocenters. The SMILES string of the molecule is CCCCN1CCCN(C)C(CC(=O)O)C1=O. The van der Waals surface area contributed by atoms with Crippen LogP contribution in [0.4, 0.5) is 0 Å². The van der Waals surface area contributed by atoms with E-state index in [1.807, 2.05) is 16.8 Å². The predicted octanol–water partition coefficient (Wildman–Crippen LogP) is 0.794. The molecule has 0 bridgehead atoms. The van der Waals surface area contributed by atoms with Crippen molar-refractivity contribution in [1.29, 1.82) is 0 Å². The van der Waals surface area contributed by atoms with E-state index >= 15 is 0 Å². The fourth-order valence-corrected chi connectivity index (χ4v) is 2.16. The first-order valence-corrected chi connectivity index (χ1v) is 6.27. The fourth-order valence-electron chi connectivity index (χ4n) is 2.16. The smallest absolute Gasteiger partial charge is 0.305 e.